The molecule has 7 heteroatoms. The van der Waals surface area contributed by atoms with Gasteiger partial charge in [0.15, 0.2) is 10.6 Å². The van der Waals surface area contributed by atoms with Crippen LogP contribution in [0.3, 0.4) is 0 Å². The summed E-state index contributed by atoms with van der Waals surface area (Å²) in [5.41, 5.74) is 1.35. The topological polar surface area (TPSA) is 82.3 Å². The third-order valence-corrected chi connectivity index (χ3v) is 4.54. The van der Waals surface area contributed by atoms with Gasteiger partial charge in [-0.1, -0.05) is 0 Å². The first-order valence-electron chi connectivity index (χ1n) is 6.21. The summed E-state index contributed by atoms with van der Waals surface area (Å²) in [4.78, 5) is -0.0427. The minimum atomic E-state index is -3.81. The molecule has 0 amide bonds. The van der Waals surface area contributed by atoms with Gasteiger partial charge in [0.25, 0.3) is 10.0 Å². The minimum absolute atomic E-state index is 0.0427. The first-order valence-corrected chi connectivity index (χ1v) is 7.69. The normalized spacial score (nSPS) is 11.2. The number of benzene rings is 1. The van der Waals surface area contributed by atoms with Gasteiger partial charge >= 0.3 is 0 Å². The molecule has 0 radical (unpaired) electrons. The van der Waals surface area contributed by atoms with Crippen molar-refractivity contribution in [2.24, 2.45) is 0 Å². The van der Waals surface area contributed by atoms with Gasteiger partial charge in [-0.3, -0.25) is 4.72 Å². The fourth-order valence-corrected chi connectivity index (χ4v) is 3.18. The zero-order valence-electron chi connectivity index (χ0n) is 12.0. The molecule has 0 aliphatic rings. The Hall–Kier alpha value is -2.28. The molecule has 112 valence electrons. The molecule has 1 aromatic carbocycles. The van der Waals surface area contributed by atoms with E-state index >= 15 is 0 Å². The summed E-state index contributed by atoms with van der Waals surface area (Å²) >= 11 is 0. The second kappa shape index (κ2) is 5.61. The van der Waals surface area contributed by atoms with Crippen LogP contribution in [0.1, 0.15) is 11.3 Å². The molecule has 6 nitrogen and oxygen atoms in total. The van der Waals surface area contributed by atoms with E-state index in [1.54, 1.807) is 38.1 Å². The van der Waals surface area contributed by atoms with E-state index in [4.69, 9.17) is 4.74 Å². The first kappa shape index (κ1) is 15.1. The lowest BCUT2D eigenvalue weighted by Gasteiger charge is -2.11. The summed E-state index contributed by atoms with van der Waals surface area (Å²) in [5.74, 6) is 0.627. The summed E-state index contributed by atoms with van der Waals surface area (Å²) in [6.07, 6.45) is 1.07. The van der Waals surface area contributed by atoms with E-state index in [-0.39, 0.29) is 4.90 Å². The number of sulfonamides is 1. The molecule has 1 aromatic heterocycles. The first-order chi connectivity index (χ1) is 9.83. The maximum Gasteiger partial charge on any atom is 0.268 e. The molecule has 0 aliphatic heterocycles. The lowest BCUT2D eigenvalue weighted by atomic mass is 10.2. The van der Waals surface area contributed by atoms with Crippen LogP contribution >= 0.6 is 0 Å². The van der Waals surface area contributed by atoms with Gasteiger partial charge in [0.05, 0.1) is 7.11 Å². The van der Waals surface area contributed by atoms with Crippen LogP contribution < -0.4 is 14.2 Å². The maximum atomic E-state index is 12.3. The van der Waals surface area contributed by atoms with Crippen LogP contribution in [-0.4, -0.2) is 15.5 Å². The summed E-state index contributed by atoms with van der Waals surface area (Å²) in [6.45, 7) is 3.27. The summed E-state index contributed by atoms with van der Waals surface area (Å²) in [7, 11) is -2.28. The van der Waals surface area contributed by atoms with Gasteiger partial charge in [0.1, 0.15) is 5.75 Å². The number of anilines is 1. The molecule has 0 bridgehead atoms. The van der Waals surface area contributed by atoms with Gasteiger partial charge in [-0.15, -0.1) is 0 Å². The Morgan fingerprint density at radius 3 is 2.38 bits per heavy atom. The molecule has 0 saturated heterocycles. The van der Waals surface area contributed by atoms with Gasteiger partial charge in [0.2, 0.25) is 6.20 Å². The molecule has 0 unspecified atom stereocenters. The molecule has 21 heavy (non-hydrogen) atoms. The largest absolute Gasteiger partial charge is 0.618 e. The second-order valence-corrected chi connectivity index (χ2v) is 6.27. The van der Waals surface area contributed by atoms with Crippen LogP contribution in [-0.2, 0) is 10.0 Å². The highest BCUT2D eigenvalue weighted by Gasteiger charge is 2.21. The van der Waals surface area contributed by atoms with Crippen molar-refractivity contribution in [2.45, 2.75) is 18.7 Å². The van der Waals surface area contributed by atoms with E-state index in [1.807, 2.05) is 0 Å². The lowest BCUT2D eigenvalue weighted by molar-refractivity contribution is -0.614. The molecule has 0 aliphatic carbocycles. The summed E-state index contributed by atoms with van der Waals surface area (Å²) < 4.78 is 32.7. The number of nitrogens with one attached hydrogen (secondary N) is 1. The predicted molar refractivity (Wildman–Crippen MR) is 78.7 cm³/mol. The van der Waals surface area contributed by atoms with Crippen molar-refractivity contribution in [3.05, 3.63) is 53.0 Å². The Balaban J connectivity index is 2.35. The molecule has 0 spiro atoms. The number of methoxy groups -OCH3 is 1. The maximum absolute atomic E-state index is 12.3. The molecule has 1 N–H and O–H groups in total. The van der Waals surface area contributed by atoms with E-state index in [1.165, 1.54) is 13.2 Å². The Morgan fingerprint density at radius 2 is 1.81 bits per heavy atom. The average molecular weight is 308 g/mol. The van der Waals surface area contributed by atoms with Crippen molar-refractivity contribution < 1.29 is 17.9 Å². The van der Waals surface area contributed by atoms with Crippen LogP contribution in [0.5, 0.6) is 5.75 Å². The van der Waals surface area contributed by atoms with Crippen LogP contribution in [0, 0.1) is 19.1 Å². The predicted octanol–water partition coefficient (Wildman–Crippen LogP) is 1.75. The van der Waals surface area contributed by atoms with E-state index in [2.05, 4.69) is 4.72 Å². The molecule has 2 aromatic rings. The van der Waals surface area contributed by atoms with E-state index in [0.717, 1.165) is 6.20 Å². The summed E-state index contributed by atoms with van der Waals surface area (Å²) in [6, 6.07) is 8.01. The summed E-state index contributed by atoms with van der Waals surface area (Å²) in [5, 5.41) is 11.6. The third kappa shape index (κ3) is 3.25. The zero-order chi connectivity index (χ0) is 15.6. The van der Waals surface area contributed by atoms with Gasteiger partial charge in [-0.25, -0.2) is 8.42 Å². The van der Waals surface area contributed by atoms with Crippen molar-refractivity contribution in [3.8, 4) is 5.75 Å². The number of hydrogen-bond donors (Lipinski definition) is 1. The van der Waals surface area contributed by atoms with Gasteiger partial charge in [-0.05, 0) is 36.8 Å². The quantitative estimate of drug-likeness (QED) is 0.689. The van der Waals surface area contributed by atoms with Gasteiger partial charge < -0.3 is 9.94 Å². The van der Waals surface area contributed by atoms with Crippen molar-refractivity contribution in [3.63, 3.8) is 0 Å². The highest BCUT2D eigenvalue weighted by atomic mass is 32.2. The molecule has 2 rings (SSSR count). The van der Waals surface area contributed by atoms with Crippen molar-refractivity contribution in [1.82, 2.24) is 0 Å². The SMILES string of the molecule is COc1ccc(NS(=O)(=O)c2c[n+]([O-])c(C)cc2C)cc1. The van der Waals surface area contributed by atoms with Gasteiger partial charge in [-0.2, -0.15) is 4.73 Å². The van der Waals surface area contributed by atoms with Crippen LogP contribution in [0.2, 0.25) is 0 Å². The smallest absolute Gasteiger partial charge is 0.268 e. The third-order valence-electron chi connectivity index (χ3n) is 3.03. The van der Waals surface area contributed by atoms with Crippen molar-refractivity contribution in [1.29, 1.82) is 0 Å². The average Bonchev–Trinajstić information content (AvgIpc) is 2.43. The highest BCUT2D eigenvalue weighted by molar-refractivity contribution is 7.92. The Morgan fingerprint density at radius 1 is 1.19 bits per heavy atom. The highest BCUT2D eigenvalue weighted by Crippen LogP contribution is 2.20. The Bertz CT molecular complexity index is 755. The number of aryl methyl sites for hydroxylation is 2. The second-order valence-electron chi connectivity index (χ2n) is 4.62. The lowest BCUT2D eigenvalue weighted by Crippen LogP contribution is -2.32. The number of rotatable bonds is 4. The minimum Gasteiger partial charge on any atom is -0.618 e. The van der Waals surface area contributed by atoms with Gasteiger partial charge in [0, 0.05) is 18.7 Å². The molecule has 1 heterocycles. The van der Waals surface area contributed by atoms with E-state index < -0.39 is 10.0 Å². The zero-order valence-corrected chi connectivity index (χ0v) is 12.8. The number of ether oxygens (including phenoxy) is 1. The number of aromatic nitrogens is 1. The van der Waals surface area contributed by atoms with Crippen molar-refractivity contribution >= 4 is 15.7 Å². The Labute approximate surface area is 123 Å². The fraction of sp³-hybridized carbons (Fsp3) is 0.214. The standard InChI is InChI=1S/C14H16N2O4S/c1-10-8-11(2)16(17)9-14(10)21(18,19)15-12-4-6-13(20-3)7-5-12/h4-9,15H,1-3H3. The fourth-order valence-electron chi connectivity index (χ4n) is 1.91. The number of nitrogens with zero attached hydrogens (tertiary/aromatic N) is 1. The van der Waals surface area contributed by atoms with E-state index in [0.29, 0.717) is 27.4 Å². The molecule has 0 fully saturated rings. The van der Waals surface area contributed by atoms with Crippen LogP contribution in [0.4, 0.5) is 5.69 Å². The molecular weight excluding hydrogens is 292 g/mol. The Kier molecular flexibility index (Phi) is 4.04. The molecular formula is C14H16N2O4S. The van der Waals surface area contributed by atoms with Crippen LogP contribution in [0.25, 0.3) is 0 Å². The molecule has 0 saturated carbocycles. The van der Waals surface area contributed by atoms with Crippen LogP contribution in [0.15, 0.2) is 41.4 Å². The van der Waals surface area contributed by atoms with Crippen molar-refractivity contribution in [2.75, 3.05) is 11.8 Å². The number of pyridine rings is 1. The monoisotopic (exact) mass is 308 g/mol. The molecule has 0 atom stereocenters. The van der Waals surface area contributed by atoms with E-state index in [9.17, 15) is 13.6 Å². The number of hydrogen-bond acceptors (Lipinski definition) is 4.